The molecule has 0 atom stereocenters. The maximum Gasteiger partial charge on any atom is 2.00 e. The Hall–Kier alpha value is -1.11. The van der Waals surface area contributed by atoms with Crippen LogP contribution in [0.5, 0.6) is 0 Å². The Kier molecular flexibility index (Phi) is 30.2. The van der Waals surface area contributed by atoms with Gasteiger partial charge in [-0.2, -0.15) is 26.3 Å². The van der Waals surface area contributed by atoms with E-state index >= 15 is 0 Å². The van der Waals surface area contributed by atoms with Crippen LogP contribution in [0.15, 0.2) is 0 Å². The number of nitrogens with two attached hydrogens (primary N) is 4. The average molecular weight is 550 g/mol. The number of hydrogen-bond donors (Lipinski definition) is 6. The van der Waals surface area contributed by atoms with E-state index in [9.17, 15) is 26.3 Å². The van der Waals surface area contributed by atoms with Crippen LogP contribution in [0.2, 0.25) is 0 Å². The Balaban J connectivity index is -0.0000000616. The molecule has 0 rings (SSSR count). The van der Waals surface area contributed by atoms with Gasteiger partial charge < -0.3 is 42.6 Å². The first-order chi connectivity index (χ1) is 12.6. The third kappa shape index (κ3) is 41.3. The molecule has 0 saturated heterocycles. The first-order valence-corrected chi connectivity index (χ1v) is 9.00. The normalized spacial score (nSPS) is 10.5. The van der Waals surface area contributed by atoms with Crippen LogP contribution in [0.3, 0.4) is 0 Å². The maximum atomic E-state index is 10.7. The molecule has 0 aromatic heterocycles. The Morgan fingerprint density at radius 2 is 0.900 bits per heavy atom. The van der Waals surface area contributed by atoms with Gasteiger partial charge in [0, 0.05) is 26.2 Å². The Labute approximate surface area is 177 Å². The summed E-state index contributed by atoms with van der Waals surface area (Å²) in [6, 6.07) is 0. The number of carboxylic acids is 1. The molecule has 0 aliphatic carbocycles. The molecule has 0 aromatic rings. The zero-order valence-electron chi connectivity index (χ0n) is 14.4. The fourth-order valence-electron chi connectivity index (χ4n) is 0. The Bertz CT molecular complexity index is 579. The van der Waals surface area contributed by atoms with Gasteiger partial charge in [0.05, 0.1) is 0 Å². The van der Waals surface area contributed by atoms with Crippen molar-refractivity contribution in [3.05, 3.63) is 0 Å². The zero-order chi connectivity index (χ0) is 25.1. The molecule has 0 aliphatic heterocycles. The van der Waals surface area contributed by atoms with E-state index in [-0.39, 0.29) is 16.8 Å². The van der Waals surface area contributed by atoms with Crippen molar-refractivity contribution in [3.63, 3.8) is 0 Å². The van der Waals surface area contributed by atoms with Gasteiger partial charge in [-0.25, -0.2) is 21.6 Å². The van der Waals surface area contributed by atoms with Gasteiger partial charge in [0.1, 0.15) is 6.21 Å². The van der Waals surface area contributed by atoms with Gasteiger partial charge in [-0.3, -0.25) is 0 Å². The van der Waals surface area contributed by atoms with E-state index in [2.05, 4.69) is 0 Å². The van der Waals surface area contributed by atoms with Crippen LogP contribution < -0.4 is 22.9 Å². The fourth-order valence-corrected chi connectivity index (χ4v) is 0. The van der Waals surface area contributed by atoms with Gasteiger partial charge >= 0.3 is 33.8 Å². The molecule has 10 N–H and O–H groups in total. The molecule has 0 aliphatic rings. The average Bonchev–Trinajstić information content (AvgIpc) is 2.52. The van der Waals surface area contributed by atoms with Gasteiger partial charge in [0.15, 0.2) is 20.2 Å². The van der Waals surface area contributed by atoms with Crippen molar-refractivity contribution in [1.29, 1.82) is 5.41 Å². The molecule has 0 unspecified atom stereocenters. The second-order valence-corrected chi connectivity index (χ2v) is 6.18. The van der Waals surface area contributed by atoms with Crippen LogP contribution >= 0.6 is 0 Å². The summed E-state index contributed by atoms with van der Waals surface area (Å²) in [4.78, 5) is 9.12. The van der Waals surface area contributed by atoms with Crippen molar-refractivity contribution in [2.24, 2.45) is 22.9 Å². The third-order valence-electron chi connectivity index (χ3n) is 1.02. The molecule has 0 saturated carbocycles. The second kappa shape index (κ2) is 21.1. The Morgan fingerprint density at radius 3 is 0.900 bits per heavy atom. The fraction of sp³-hybridized carbons (Fsp3) is 0.750. The summed E-state index contributed by atoms with van der Waals surface area (Å²) in [7, 11) is -12.2. The molecule has 0 fully saturated rings. The first kappa shape index (κ1) is 42.9. The predicted molar refractivity (Wildman–Crippen MR) is 84.1 cm³/mol. The van der Waals surface area contributed by atoms with Crippen LogP contribution in [0, 0.1) is 5.41 Å². The molecule has 0 spiro atoms. The molecule has 187 valence electrons. The molecule has 22 heteroatoms. The first-order valence-electron chi connectivity index (χ1n) is 6.18. The van der Waals surface area contributed by atoms with Crippen molar-refractivity contribution in [2.75, 3.05) is 26.2 Å². The van der Waals surface area contributed by atoms with Gasteiger partial charge in [0.25, 0.3) is 0 Å². The zero-order valence-corrected chi connectivity index (χ0v) is 17.1. The van der Waals surface area contributed by atoms with Crippen LogP contribution in [0.1, 0.15) is 0 Å². The number of alkyl halides is 6. The minimum absolute atomic E-state index is 0. The summed E-state index contributed by atoms with van der Waals surface area (Å²) in [6.45, 7) is 2.39. The van der Waals surface area contributed by atoms with Crippen LogP contribution in [-0.2, 0) is 41.8 Å². The molecular formula is C8H19CoF6N5O8S2. The molecule has 13 nitrogen and oxygen atoms in total. The summed E-state index contributed by atoms with van der Waals surface area (Å²) in [6.07, 6.45) is 0.333. The van der Waals surface area contributed by atoms with Gasteiger partial charge in [-0.15, -0.1) is 0 Å². The summed E-state index contributed by atoms with van der Waals surface area (Å²) in [5, 5.41) is 13.4. The number of halogens is 6. The van der Waals surface area contributed by atoms with E-state index < -0.39 is 37.2 Å². The minimum Gasteiger partial charge on any atom is -0.741 e. The van der Waals surface area contributed by atoms with Crippen LogP contribution in [0.4, 0.5) is 26.3 Å². The van der Waals surface area contributed by atoms with Gasteiger partial charge in [-0.1, -0.05) is 0 Å². The standard InChI is InChI=1S/2C2H8N2.C2H3NO2.2CHF3O3S.Co/c2*3-1-2-4;3-1-2(4)5;2*2-1(3,4)8(5,6)7;/h2*1-4H2;1,3H,(H,4,5);2*(H,5,6,7);/q;;;;;+2/p-2. The van der Waals surface area contributed by atoms with E-state index in [0.29, 0.717) is 32.4 Å². The quantitative estimate of drug-likeness (QED) is 0.0930. The number of nitrogens with one attached hydrogen (secondary N) is 1. The van der Waals surface area contributed by atoms with Crippen molar-refractivity contribution < 1.29 is 79.0 Å². The number of rotatable bonds is 3. The van der Waals surface area contributed by atoms with Crippen molar-refractivity contribution >= 4 is 32.4 Å². The number of aliphatic carboxylic acids is 1. The number of carboxylic acid groups (broad SMARTS) is 1. The third-order valence-corrected chi connectivity index (χ3v) is 2.16. The summed E-state index contributed by atoms with van der Waals surface area (Å²) in [5.41, 5.74) is 8.32. The smallest absolute Gasteiger partial charge is 0.741 e. The topological polar surface area (TPSA) is 280 Å². The van der Waals surface area contributed by atoms with E-state index in [1.54, 1.807) is 0 Å². The summed E-state index contributed by atoms with van der Waals surface area (Å²) in [5.74, 6) is -1.20. The SMILES string of the molecule is N=CC(=O)O.NCCN.NCCN.O=S(=O)([O-])C(F)(F)F.O=S(=O)([O-])C(F)(F)F.[Co+2]. The van der Waals surface area contributed by atoms with Crippen molar-refractivity contribution in [1.82, 2.24) is 0 Å². The van der Waals surface area contributed by atoms with Crippen molar-refractivity contribution in [2.45, 2.75) is 11.0 Å². The van der Waals surface area contributed by atoms with Crippen LogP contribution in [0.25, 0.3) is 0 Å². The maximum absolute atomic E-state index is 10.7. The van der Waals surface area contributed by atoms with Gasteiger partial charge in [0.2, 0.25) is 0 Å². The number of hydrogen-bond acceptors (Lipinski definition) is 12. The molecule has 0 bridgehead atoms. The van der Waals surface area contributed by atoms with Crippen LogP contribution in [-0.4, -0.2) is 80.4 Å². The van der Waals surface area contributed by atoms with E-state index in [4.69, 9.17) is 64.2 Å². The largest absolute Gasteiger partial charge is 2.00 e. The molecule has 0 amide bonds. The minimum atomic E-state index is -6.09. The Morgan fingerprint density at radius 1 is 0.800 bits per heavy atom. The number of carbonyl (C=O) groups is 1. The van der Waals surface area contributed by atoms with Gasteiger partial charge in [-0.05, 0) is 0 Å². The van der Waals surface area contributed by atoms with E-state index in [0.717, 1.165) is 0 Å². The molecule has 0 aromatic carbocycles. The van der Waals surface area contributed by atoms with E-state index in [1.165, 1.54) is 0 Å². The molecule has 1 radical (unpaired) electrons. The predicted octanol–water partition coefficient (Wildman–Crippen LogP) is -2.37. The summed E-state index contributed by atoms with van der Waals surface area (Å²) >= 11 is 0. The molecule has 0 heterocycles. The molecule has 30 heavy (non-hydrogen) atoms. The monoisotopic (exact) mass is 550 g/mol. The van der Waals surface area contributed by atoms with E-state index in [1.807, 2.05) is 0 Å². The second-order valence-electron chi connectivity index (χ2n) is 3.44. The molecular weight excluding hydrogens is 531 g/mol. The van der Waals surface area contributed by atoms with Crippen molar-refractivity contribution in [3.8, 4) is 0 Å². The summed E-state index contributed by atoms with van der Waals surface area (Å²) < 4.78 is 118.